The van der Waals surface area contributed by atoms with E-state index in [0.717, 1.165) is 40.9 Å². The average molecular weight is 461 g/mol. The molecule has 2 aromatic carbocycles. The van der Waals surface area contributed by atoms with E-state index in [4.69, 9.17) is 5.10 Å². The lowest BCUT2D eigenvalue weighted by molar-refractivity contribution is -0.135. The van der Waals surface area contributed by atoms with E-state index in [1.165, 1.54) is 0 Å². The summed E-state index contributed by atoms with van der Waals surface area (Å²) in [5, 5.41) is 7.90. The minimum atomic E-state index is -0.225. The summed E-state index contributed by atoms with van der Waals surface area (Å²) in [6.45, 7) is 10.7. The first-order chi connectivity index (χ1) is 16.3. The number of benzene rings is 2. The van der Waals surface area contributed by atoms with Crippen LogP contribution in [0.2, 0.25) is 0 Å². The largest absolute Gasteiger partial charge is 0.333 e. The van der Waals surface area contributed by atoms with Crippen molar-refractivity contribution in [2.75, 3.05) is 18.4 Å². The van der Waals surface area contributed by atoms with Crippen molar-refractivity contribution in [3.05, 3.63) is 65.9 Å². The third kappa shape index (κ3) is 6.13. The zero-order chi connectivity index (χ0) is 24.7. The Kier molecular flexibility index (Phi) is 8.63. The van der Waals surface area contributed by atoms with E-state index in [2.05, 4.69) is 26.1 Å². The number of para-hydroxylation sites is 1. The van der Waals surface area contributed by atoms with Crippen molar-refractivity contribution in [2.24, 2.45) is 5.92 Å². The van der Waals surface area contributed by atoms with Crippen LogP contribution >= 0.6 is 0 Å². The van der Waals surface area contributed by atoms with Gasteiger partial charge in [-0.25, -0.2) is 4.68 Å². The zero-order valence-electron chi connectivity index (χ0n) is 21.0. The van der Waals surface area contributed by atoms with Crippen molar-refractivity contribution in [3.63, 3.8) is 0 Å². The van der Waals surface area contributed by atoms with Gasteiger partial charge in [-0.05, 0) is 43.4 Å². The van der Waals surface area contributed by atoms with E-state index in [1.54, 1.807) is 9.58 Å². The molecule has 2 amide bonds. The first kappa shape index (κ1) is 25.2. The Morgan fingerprint density at radius 2 is 1.71 bits per heavy atom. The molecule has 180 valence electrons. The van der Waals surface area contributed by atoms with Gasteiger partial charge in [0.05, 0.1) is 17.9 Å². The third-order valence-electron chi connectivity index (χ3n) is 5.74. The lowest BCUT2D eigenvalue weighted by Crippen LogP contribution is -2.40. The summed E-state index contributed by atoms with van der Waals surface area (Å²) in [7, 11) is 0. The van der Waals surface area contributed by atoms with Gasteiger partial charge in [0, 0.05) is 18.5 Å². The molecule has 0 aliphatic heterocycles. The normalized spacial score (nSPS) is 11.0. The Bertz CT molecular complexity index is 1120. The smallest absolute Gasteiger partial charge is 0.245 e. The van der Waals surface area contributed by atoms with Crippen molar-refractivity contribution < 1.29 is 9.59 Å². The molecule has 0 atom stereocenters. The van der Waals surface area contributed by atoms with Crippen LogP contribution in [0.5, 0.6) is 0 Å². The number of aryl methyl sites for hydroxylation is 2. The summed E-state index contributed by atoms with van der Waals surface area (Å²) in [6, 6.07) is 17.9. The summed E-state index contributed by atoms with van der Waals surface area (Å²) >= 11 is 0. The molecule has 1 heterocycles. The highest BCUT2D eigenvalue weighted by atomic mass is 16.2. The lowest BCUT2D eigenvalue weighted by atomic mass is 10.1. The van der Waals surface area contributed by atoms with Crippen LogP contribution in [-0.2, 0) is 9.59 Å². The maximum absolute atomic E-state index is 13.3. The quantitative estimate of drug-likeness (QED) is 0.418. The Morgan fingerprint density at radius 3 is 2.35 bits per heavy atom. The molecule has 1 N–H and O–H groups in total. The van der Waals surface area contributed by atoms with Crippen molar-refractivity contribution >= 4 is 17.6 Å². The Morgan fingerprint density at radius 1 is 1.03 bits per heavy atom. The van der Waals surface area contributed by atoms with Gasteiger partial charge in [-0.2, -0.15) is 5.10 Å². The SMILES string of the molecule is CCCCC(=O)N(CC(=O)Nc1c(-c2ccccc2)c(C)nn1-c1ccccc1C)CC(C)C. The predicted octanol–water partition coefficient (Wildman–Crippen LogP) is 5.77. The van der Waals surface area contributed by atoms with E-state index in [1.807, 2.05) is 68.4 Å². The average Bonchev–Trinajstić information content (AvgIpc) is 3.12. The second-order valence-corrected chi connectivity index (χ2v) is 9.19. The van der Waals surface area contributed by atoms with E-state index in [0.29, 0.717) is 18.8 Å². The van der Waals surface area contributed by atoms with Gasteiger partial charge < -0.3 is 10.2 Å². The zero-order valence-corrected chi connectivity index (χ0v) is 21.0. The molecule has 1 aromatic heterocycles. The highest BCUT2D eigenvalue weighted by Crippen LogP contribution is 2.34. The first-order valence-electron chi connectivity index (χ1n) is 12.1. The number of rotatable bonds is 10. The van der Waals surface area contributed by atoms with Gasteiger partial charge in [-0.3, -0.25) is 9.59 Å². The summed E-state index contributed by atoms with van der Waals surface area (Å²) in [5.74, 6) is 0.696. The van der Waals surface area contributed by atoms with Crippen LogP contribution in [-0.4, -0.2) is 39.6 Å². The molecule has 0 aliphatic carbocycles. The van der Waals surface area contributed by atoms with Gasteiger partial charge in [-0.1, -0.05) is 75.7 Å². The van der Waals surface area contributed by atoms with E-state index in [-0.39, 0.29) is 24.3 Å². The van der Waals surface area contributed by atoms with E-state index >= 15 is 0 Å². The molecule has 0 saturated heterocycles. The summed E-state index contributed by atoms with van der Waals surface area (Å²) in [5.41, 5.74) is 4.64. The lowest BCUT2D eigenvalue weighted by Gasteiger charge is -2.24. The second-order valence-electron chi connectivity index (χ2n) is 9.19. The van der Waals surface area contributed by atoms with Gasteiger partial charge in [0.25, 0.3) is 0 Å². The number of carbonyl (C=O) groups is 2. The van der Waals surface area contributed by atoms with Crippen molar-refractivity contribution in [2.45, 2.75) is 53.9 Å². The Balaban J connectivity index is 1.98. The van der Waals surface area contributed by atoms with Crippen molar-refractivity contribution in [1.82, 2.24) is 14.7 Å². The Hall–Kier alpha value is -3.41. The molecule has 3 rings (SSSR count). The molecule has 6 nitrogen and oxygen atoms in total. The molecule has 0 bridgehead atoms. The molecule has 0 unspecified atom stereocenters. The number of nitrogens with zero attached hydrogens (tertiary/aromatic N) is 3. The molecular formula is C28H36N4O2. The summed E-state index contributed by atoms with van der Waals surface area (Å²) < 4.78 is 1.80. The fraction of sp³-hybridized carbons (Fsp3) is 0.393. The number of anilines is 1. The van der Waals surface area contributed by atoms with Gasteiger partial charge in [0.15, 0.2) is 0 Å². The maximum Gasteiger partial charge on any atom is 0.245 e. The summed E-state index contributed by atoms with van der Waals surface area (Å²) in [6.07, 6.45) is 2.24. The van der Waals surface area contributed by atoms with E-state index in [9.17, 15) is 9.59 Å². The fourth-order valence-electron chi connectivity index (χ4n) is 4.09. The highest BCUT2D eigenvalue weighted by Gasteiger charge is 2.23. The number of hydrogen-bond acceptors (Lipinski definition) is 3. The number of hydrogen-bond donors (Lipinski definition) is 1. The molecule has 0 aliphatic rings. The number of carbonyl (C=O) groups excluding carboxylic acids is 2. The molecular weight excluding hydrogens is 424 g/mol. The van der Waals surface area contributed by atoms with Gasteiger partial charge in [-0.15, -0.1) is 0 Å². The standard InChI is InChI=1S/C28H36N4O2/c1-6-7-17-26(34)31(18-20(2)3)19-25(33)29-28-27(23-14-9-8-10-15-23)22(5)30-32(28)24-16-12-11-13-21(24)4/h8-16,20H,6-7,17-19H2,1-5H3,(H,29,33). The molecule has 0 spiro atoms. The van der Waals surface area contributed by atoms with Crippen LogP contribution in [0.3, 0.4) is 0 Å². The second kappa shape index (κ2) is 11.6. The molecule has 0 saturated carbocycles. The van der Waals surface area contributed by atoms with Crippen LogP contribution < -0.4 is 5.32 Å². The van der Waals surface area contributed by atoms with Crippen LogP contribution in [0.4, 0.5) is 5.82 Å². The van der Waals surface area contributed by atoms with Gasteiger partial charge in [0.1, 0.15) is 5.82 Å². The van der Waals surface area contributed by atoms with Gasteiger partial charge >= 0.3 is 0 Å². The Labute approximate surface area is 203 Å². The monoisotopic (exact) mass is 460 g/mol. The number of unbranched alkanes of at least 4 members (excludes halogenated alkanes) is 1. The third-order valence-corrected chi connectivity index (χ3v) is 5.74. The van der Waals surface area contributed by atoms with Gasteiger partial charge in [0.2, 0.25) is 11.8 Å². The van der Waals surface area contributed by atoms with E-state index < -0.39 is 0 Å². The van der Waals surface area contributed by atoms with Crippen LogP contribution in [0.15, 0.2) is 54.6 Å². The van der Waals surface area contributed by atoms with Crippen molar-refractivity contribution in [1.29, 1.82) is 0 Å². The number of aromatic nitrogens is 2. The highest BCUT2D eigenvalue weighted by molar-refractivity contribution is 5.98. The minimum absolute atomic E-state index is 0.0208. The molecule has 0 radical (unpaired) electrons. The topological polar surface area (TPSA) is 67.2 Å². The first-order valence-corrected chi connectivity index (χ1v) is 12.1. The van der Waals surface area contributed by atoms with Crippen LogP contribution in [0.1, 0.15) is 51.3 Å². The number of amides is 2. The molecule has 6 heteroatoms. The predicted molar refractivity (Wildman–Crippen MR) is 138 cm³/mol. The fourth-order valence-corrected chi connectivity index (χ4v) is 4.09. The van der Waals surface area contributed by atoms with Crippen molar-refractivity contribution in [3.8, 4) is 16.8 Å². The molecule has 0 fully saturated rings. The summed E-state index contributed by atoms with van der Waals surface area (Å²) in [4.78, 5) is 27.8. The maximum atomic E-state index is 13.3. The molecule has 3 aromatic rings. The van der Waals surface area contributed by atoms with Crippen LogP contribution in [0, 0.1) is 19.8 Å². The van der Waals surface area contributed by atoms with Crippen LogP contribution in [0.25, 0.3) is 16.8 Å². The molecule has 34 heavy (non-hydrogen) atoms. The number of nitrogens with one attached hydrogen (secondary N) is 1. The minimum Gasteiger partial charge on any atom is -0.333 e.